The molecule has 1 aromatic heterocycles. The first kappa shape index (κ1) is 13.3. The Balaban J connectivity index is 1.83. The summed E-state index contributed by atoms with van der Waals surface area (Å²) >= 11 is 0. The molecule has 1 fully saturated rings. The van der Waals surface area contributed by atoms with E-state index in [1.165, 1.54) is 29.7 Å². The molecule has 0 saturated heterocycles. The lowest BCUT2D eigenvalue weighted by atomic mass is 10.1. The SMILES string of the molecule is CNCc1ccc(N(Cc2ccco2)C2CC2)c(C)c1. The molecule has 1 heterocycles. The van der Waals surface area contributed by atoms with Crippen LogP contribution in [0.2, 0.25) is 0 Å². The first-order valence-corrected chi connectivity index (χ1v) is 7.31. The summed E-state index contributed by atoms with van der Waals surface area (Å²) in [6.45, 7) is 3.98. The average molecular weight is 270 g/mol. The van der Waals surface area contributed by atoms with Gasteiger partial charge in [-0.15, -0.1) is 0 Å². The van der Waals surface area contributed by atoms with Crippen molar-refractivity contribution in [2.45, 2.75) is 38.9 Å². The molecule has 0 spiro atoms. The van der Waals surface area contributed by atoms with Crippen LogP contribution in [0.1, 0.15) is 29.7 Å². The van der Waals surface area contributed by atoms with Gasteiger partial charge in [0.25, 0.3) is 0 Å². The summed E-state index contributed by atoms with van der Waals surface area (Å²) in [5.74, 6) is 1.04. The molecule has 20 heavy (non-hydrogen) atoms. The number of nitrogens with one attached hydrogen (secondary N) is 1. The van der Waals surface area contributed by atoms with Gasteiger partial charge in [0.15, 0.2) is 0 Å². The molecule has 0 amide bonds. The summed E-state index contributed by atoms with van der Waals surface area (Å²) in [6.07, 6.45) is 4.33. The van der Waals surface area contributed by atoms with Crippen LogP contribution in [-0.4, -0.2) is 13.1 Å². The highest BCUT2D eigenvalue weighted by molar-refractivity contribution is 5.56. The molecule has 1 aliphatic carbocycles. The summed E-state index contributed by atoms with van der Waals surface area (Å²) in [5, 5.41) is 3.20. The minimum Gasteiger partial charge on any atom is -0.467 e. The Hall–Kier alpha value is -1.74. The Morgan fingerprint density at radius 3 is 2.75 bits per heavy atom. The molecule has 106 valence electrons. The Morgan fingerprint density at radius 2 is 2.15 bits per heavy atom. The van der Waals surface area contributed by atoms with Crippen LogP contribution in [0, 0.1) is 6.92 Å². The van der Waals surface area contributed by atoms with E-state index < -0.39 is 0 Å². The highest BCUT2D eigenvalue weighted by Gasteiger charge is 2.30. The molecule has 0 aliphatic heterocycles. The van der Waals surface area contributed by atoms with E-state index in [1.54, 1.807) is 6.26 Å². The lowest BCUT2D eigenvalue weighted by Crippen LogP contribution is -2.25. The highest BCUT2D eigenvalue weighted by Crippen LogP contribution is 2.35. The van der Waals surface area contributed by atoms with Crippen LogP contribution in [0.5, 0.6) is 0 Å². The molecule has 3 rings (SSSR count). The van der Waals surface area contributed by atoms with E-state index in [9.17, 15) is 0 Å². The van der Waals surface area contributed by atoms with Crippen LogP contribution >= 0.6 is 0 Å². The highest BCUT2D eigenvalue weighted by atomic mass is 16.3. The van der Waals surface area contributed by atoms with Crippen molar-refractivity contribution in [3.63, 3.8) is 0 Å². The van der Waals surface area contributed by atoms with Gasteiger partial charge in [0, 0.05) is 18.3 Å². The number of rotatable bonds is 6. The number of hydrogen-bond donors (Lipinski definition) is 1. The second-order valence-corrected chi connectivity index (χ2v) is 5.59. The maximum absolute atomic E-state index is 5.51. The summed E-state index contributed by atoms with van der Waals surface area (Å²) in [4.78, 5) is 2.48. The second-order valence-electron chi connectivity index (χ2n) is 5.59. The fourth-order valence-corrected chi connectivity index (χ4v) is 2.72. The molecule has 0 atom stereocenters. The maximum atomic E-state index is 5.51. The van der Waals surface area contributed by atoms with Crippen molar-refractivity contribution in [3.05, 3.63) is 53.5 Å². The van der Waals surface area contributed by atoms with E-state index in [4.69, 9.17) is 4.42 Å². The molecule has 0 bridgehead atoms. The molecule has 1 aliphatic rings. The van der Waals surface area contributed by atoms with Crippen LogP contribution in [-0.2, 0) is 13.1 Å². The summed E-state index contributed by atoms with van der Waals surface area (Å²) < 4.78 is 5.51. The van der Waals surface area contributed by atoms with Crippen molar-refractivity contribution >= 4 is 5.69 Å². The van der Waals surface area contributed by atoms with Gasteiger partial charge in [0.05, 0.1) is 12.8 Å². The molecular formula is C17H22N2O. The fraction of sp³-hybridized carbons (Fsp3) is 0.412. The number of furan rings is 1. The minimum atomic E-state index is 0.675. The predicted molar refractivity (Wildman–Crippen MR) is 81.9 cm³/mol. The van der Waals surface area contributed by atoms with Crippen molar-refractivity contribution in [1.29, 1.82) is 0 Å². The van der Waals surface area contributed by atoms with E-state index >= 15 is 0 Å². The van der Waals surface area contributed by atoms with Crippen LogP contribution in [0.25, 0.3) is 0 Å². The van der Waals surface area contributed by atoms with E-state index in [2.05, 4.69) is 41.4 Å². The van der Waals surface area contributed by atoms with Crippen LogP contribution in [0.3, 0.4) is 0 Å². The van der Waals surface area contributed by atoms with Crippen molar-refractivity contribution in [3.8, 4) is 0 Å². The zero-order valence-electron chi connectivity index (χ0n) is 12.2. The summed E-state index contributed by atoms with van der Waals surface area (Å²) in [5.41, 5.74) is 4.02. The minimum absolute atomic E-state index is 0.675. The molecule has 2 aromatic rings. The van der Waals surface area contributed by atoms with E-state index in [0.29, 0.717) is 6.04 Å². The fourth-order valence-electron chi connectivity index (χ4n) is 2.72. The van der Waals surface area contributed by atoms with Gasteiger partial charge in [-0.1, -0.05) is 12.1 Å². The lowest BCUT2D eigenvalue weighted by molar-refractivity contribution is 0.501. The van der Waals surface area contributed by atoms with Gasteiger partial charge in [-0.05, 0) is 56.1 Å². The van der Waals surface area contributed by atoms with Gasteiger partial charge in [-0.25, -0.2) is 0 Å². The van der Waals surface area contributed by atoms with Gasteiger partial charge in [-0.2, -0.15) is 0 Å². The predicted octanol–water partition coefficient (Wildman–Crippen LogP) is 3.48. The average Bonchev–Trinajstić information content (AvgIpc) is 3.15. The smallest absolute Gasteiger partial charge is 0.123 e. The summed E-state index contributed by atoms with van der Waals surface area (Å²) in [6, 6.07) is 11.4. The largest absolute Gasteiger partial charge is 0.467 e. The van der Waals surface area contributed by atoms with Crippen LogP contribution < -0.4 is 10.2 Å². The number of benzene rings is 1. The number of hydrogen-bond acceptors (Lipinski definition) is 3. The number of aryl methyl sites for hydroxylation is 1. The third kappa shape index (κ3) is 2.88. The Morgan fingerprint density at radius 1 is 1.30 bits per heavy atom. The van der Waals surface area contributed by atoms with Crippen molar-refractivity contribution in [2.24, 2.45) is 0 Å². The summed E-state index contributed by atoms with van der Waals surface area (Å²) in [7, 11) is 1.98. The van der Waals surface area contributed by atoms with Crippen molar-refractivity contribution in [2.75, 3.05) is 11.9 Å². The quantitative estimate of drug-likeness (QED) is 0.871. The van der Waals surface area contributed by atoms with Crippen molar-refractivity contribution < 1.29 is 4.42 Å². The monoisotopic (exact) mass is 270 g/mol. The Kier molecular flexibility index (Phi) is 3.79. The molecule has 0 unspecified atom stereocenters. The maximum Gasteiger partial charge on any atom is 0.123 e. The molecule has 3 heteroatoms. The standard InChI is InChI=1S/C17H22N2O/c1-13-10-14(11-18-2)5-8-17(13)19(15-6-7-15)12-16-4-3-9-20-16/h3-5,8-10,15,18H,6-7,11-12H2,1-2H3. The zero-order valence-corrected chi connectivity index (χ0v) is 12.2. The second kappa shape index (κ2) is 5.71. The van der Waals surface area contributed by atoms with Gasteiger partial charge in [-0.3, -0.25) is 0 Å². The van der Waals surface area contributed by atoms with Gasteiger partial charge < -0.3 is 14.6 Å². The first-order chi connectivity index (χ1) is 9.78. The van der Waals surface area contributed by atoms with Crippen LogP contribution in [0.15, 0.2) is 41.0 Å². The van der Waals surface area contributed by atoms with Gasteiger partial charge in [0.1, 0.15) is 5.76 Å². The Labute approximate surface area is 120 Å². The molecule has 1 aromatic carbocycles. The molecular weight excluding hydrogens is 248 g/mol. The van der Waals surface area contributed by atoms with Gasteiger partial charge >= 0.3 is 0 Å². The van der Waals surface area contributed by atoms with Crippen molar-refractivity contribution in [1.82, 2.24) is 5.32 Å². The third-order valence-corrected chi connectivity index (χ3v) is 3.85. The molecule has 1 saturated carbocycles. The zero-order chi connectivity index (χ0) is 13.9. The molecule has 0 radical (unpaired) electrons. The first-order valence-electron chi connectivity index (χ1n) is 7.31. The third-order valence-electron chi connectivity index (χ3n) is 3.85. The van der Waals surface area contributed by atoms with E-state index in [0.717, 1.165) is 18.8 Å². The van der Waals surface area contributed by atoms with E-state index in [-0.39, 0.29) is 0 Å². The normalized spacial score (nSPS) is 14.5. The Bertz CT molecular complexity index is 558. The number of anilines is 1. The topological polar surface area (TPSA) is 28.4 Å². The number of nitrogens with zero attached hydrogens (tertiary/aromatic N) is 1. The lowest BCUT2D eigenvalue weighted by Gasteiger charge is -2.26. The van der Waals surface area contributed by atoms with Gasteiger partial charge in [0.2, 0.25) is 0 Å². The molecule has 3 nitrogen and oxygen atoms in total. The van der Waals surface area contributed by atoms with Crippen LogP contribution in [0.4, 0.5) is 5.69 Å². The molecule has 1 N–H and O–H groups in total. The van der Waals surface area contributed by atoms with E-state index in [1.807, 2.05) is 13.1 Å².